The third kappa shape index (κ3) is 9.79. The number of carboxylic acid groups (broad SMARTS) is 2. The molecule has 0 aromatic rings. The number of carbonyl (C=O) groups excluding carboxylic acids is 6. The molecule has 0 radical (unpaired) electrons. The lowest BCUT2D eigenvalue weighted by Gasteiger charge is -2.32. The average Bonchev–Trinajstić information content (AvgIpc) is 3.84. The minimum Gasteiger partial charge on any atom is -0.481 e. The van der Waals surface area contributed by atoms with Crippen LogP contribution in [0.25, 0.3) is 0 Å². The number of carbonyl (C=O) groups is 8. The van der Waals surface area contributed by atoms with Crippen molar-refractivity contribution in [2.75, 3.05) is 44.8 Å². The second kappa shape index (κ2) is 18.0. The van der Waals surface area contributed by atoms with Crippen LogP contribution in [0, 0.1) is 0 Å². The van der Waals surface area contributed by atoms with Gasteiger partial charge in [0.25, 0.3) is 0 Å². The predicted molar refractivity (Wildman–Crippen MR) is 169 cm³/mol. The second-order valence-electron chi connectivity index (χ2n) is 12.0. The second-order valence-corrected chi connectivity index (χ2v) is 13.0. The number of hydrogen-bond acceptors (Lipinski definition) is 11. The fraction of sp³-hybridized carbons (Fsp3) is 0.724. The van der Waals surface area contributed by atoms with Crippen molar-refractivity contribution in [3.63, 3.8) is 0 Å². The Morgan fingerprint density at radius 2 is 1.40 bits per heavy atom. The number of aliphatic hydroxyl groups excluding tert-OH is 1. The molecule has 6 amide bonds. The Hall–Kier alpha value is -3.97. The molecule has 48 heavy (non-hydrogen) atoms. The molecule has 0 aromatic heterocycles. The largest absolute Gasteiger partial charge is 0.481 e. The van der Waals surface area contributed by atoms with Crippen LogP contribution in [0.15, 0.2) is 0 Å². The van der Waals surface area contributed by atoms with E-state index in [0.717, 1.165) is 0 Å². The lowest BCUT2D eigenvalue weighted by atomic mass is 10.1. The van der Waals surface area contributed by atoms with Crippen molar-refractivity contribution >= 4 is 59.1 Å². The molecule has 0 aliphatic carbocycles. The van der Waals surface area contributed by atoms with Gasteiger partial charge in [0.1, 0.15) is 30.2 Å². The zero-order valence-electron chi connectivity index (χ0n) is 26.8. The maximum absolute atomic E-state index is 13.7. The van der Waals surface area contributed by atoms with E-state index in [4.69, 9.17) is 10.8 Å². The standard InChI is InChI=1S/C29H45N7O11S/c1-48-12-8-16(30)27(44)35-10-2-5-19(35)25(42)31-14-22(38)34-9-4-7-21(34)28(45)36-11-3-6-20(36)26(43)33-18(15-37)24(41)32-17(29(46)47)13-23(39)40/h16-21,37H,2-15,30H2,1H3,(H,31,42)(H,32,41)(H,33,43)(H,39,40)(H,46,47)/t16-,17-,18-,19-,20-,21-/m0/s1. The van der Waals surface area contributed by atoms with Gasteiger partial charge in [-0.2, -0.15) is 11.8 Å². The van der Waals surface area contributed by atoms with Crippen LogP contribution in [0.4, 0.5) is 0 Å². The number of rotatable bonds is 16. The summed E-state index contributed by atoms with van der Waals surface area (Å²) in [4.78, 5) is 105. The first-order chi connectivity index (χ1) is 22.8. The molecule has 3 saturated heterocycles. The Morgan fingerprint density at radius 3 is 1.98 bits per heavy atom. The summed E-state index contributed by atoms with van der Waals surface area (Å²) in [5.41, 5.74) is 6.04. The number of thioether (sulfide) groups is 1. The average molecular weight is 700 g/mol. The third-order valence-electron chi connectivity index (χ3n) is 8.71. The molecule has 0 unspecified atom stereocenters. The van der Waals surface area contributed by atoms with Gasteiger partial charge in [-0.3, -0.25) is 33.6 Å². The zero-order chi connectivity index (χ0) is 35.5. The summed E-state index contributed by atoms with van der Waals surface area (Å²) in [6, 6.07) is -6.82. The lowest BCUT2D eigenvalue weighted by molar-refractivity contribution is -0.148. The first-order valence-corrected chi connectivity index (χ1v) is 17.3. The minimum absolute atomic E-state index is 0.187. The quantitative estimate of drug-likeness (QED) is 0.0832. The fourth-order valence-corrected chi connectivity index (χ4v) is 6.68. The molecule has 18 nitrogen and oxygen atoms in total. The van der Waals surface area contributed by atoms with Gasteiger partial charge in [-0.1, -0.05) is 0 Å². The number of aliphatic carboxylic acids is 2. The highest BCUT2D eigenvalue weighted by atomic mass is 32.2. The van der Waals surface area contributed by atoms with Crippen molar-refractivity contribution in [3.05, 3.63) is 0 Å². The van der Waals surface area contributed by atoms with Crippen molar-refractivity contribution in [3.8, 4) is 0 Å². The number of nitrogens with one attached hydrogen (secondary N) is 3. The van der Waals surface area contributed by atoms with Gasteiger partial charge >= 0.3 is 11.9 Å². The molecule has 0 spiro atoms. The van der Waals surface area contributed by atoms with Crippen LogP contribution >= 0.6 is 11.8 Å². The van der Waals surface area contributed by atoms with Crippen LogP contribution in [-0.2, 0) is 38.4 Å². The molecule has 3 fully saturated rings. The third-order valence-corrected chi connectivity index (χ3v) is 9.35. The Balaban J connectivity index is 1.58. The molecular weight excluding hydrogens is 654 g/mol. The predicted octanol–water partition coefficient (Wildman–Crippen LogP) is -3.32. The zero-order valence-corrected chi connectivity index (χ0v) is 27.6. The molecule has 0 bridgehead atoms. The first-order valence-electron chi connectivity index (χ1n) is 15.9. The van der Waals surface area contributed by atoms with E-state index >= 15 is 0 Å². The highest BCUT2D eigenvalue weighted by Gasteiger charge is 2.43. The van der Waals surface area contributed by atoms with E-state index in [2.05, 4.69) is 10.6 Å². The van der Waals surface area contributed by atoms with E-state index in [1.165, 1.54) is 14.7 Å². The van der Waals surface area contributed by atoms with E-state index in [1.54, 1.807) is 11.8 Å². The monoisotopic (exact) mass is 699 g/mol. The number of carboxylic acids is 2. The van der Waals surface area contributed by atoms with Gasteiger partial charge in [-0.05, 0) is 57.0 Å². The van der Waals surface area contributed by atoms with Crippen molar-refractivity contribution < 1.29 is 53.7 Å². The summed E-state index contributed by atoms with van der Waals surface area (Å²) in [5.74, 6) is -6.08. The van der Waals surface area contributed by atoms with Crippen molar-refractivity contribution in [2.24, 2.45) is 5.73 Å². The van der Waals surface area contributed by atoms with Crippen LogP contribution in [0.1, 0.15) is 51.4 Å². The van der Waals surface area contributed by atoms with E-state index in [0.29, 0.717) is 50.8 Å². The Kier molecular flexibility index (Phi) is 14.4. The number of hydrogen-bond donors (Lipinski definition) is 7. The maximum atomic E-state index is 13.7. The molecule has 268 valence electrons. The van der Waals surface area contributed by atoms with E-state index < -0.39 is 97.3 Å². The molecule has 0 aromatic carbocycles. The number of nitrogens with zero attached hydrogens (tertiary/aromatic N) is 3. The number of likely N-dealkylation sites (tertiary alicyclic amines) is 3. The molecule has 3 rings (SSSR count). The van der Waals surface area contributed by atoms with Crippen LogP contribution in [-0.4, -0.2) is 158 Å². The fourth-order valence-electron chi connectivity index (χ4n) is 6.19. The molecule has 0 saturated carbocycles. The van der Waals surface area contributed by atoms with Crippen molar-refractivity contribution in [1.29, 1.82) is 0 Å². The summed E-state index contributed by atoms with van der Waals surface area (Å²) >= 11 is 1.57. The Morgan fingerprint density at radius 1 is 0.812 bits per heavy atom. The lowest BCUT2D eigenvalue weighted by Crippen LogP contribution is -2.58. The topological polar surface area (TPSA) is 269 Å². The molecule has 19 heteroatoms. The van der Waals surface area contributed by atoms with E-state index in [9.17, 15) is 48.6 Å². The van der Waals surface area contributed by atoms with Gasteiger partial charge in [-0.25, -0.2) is 4.79 Å². The summed E-state index contributed by atoms with van der Waals surface area (Å²) in [6.45, 7) is -0.487. The Bertz CT molecular complexity index is 1250. The van der Waals surface area contributed by atoms with Crippen LogP contribution in [0.5, 0.6) is 0 Å². The SMILES string of the molecule is CSCC[C@H](N)C(=O)N1CCC[C@H]1C(=O)NCC(=O)N1CCC[C@H]1C(=O)N1CCC[C@H]1C(=O)N[C@@H](CO)C(=O)N[C@@H](CC(=O)O)C(=O)O. The molecule has 3 heterocycles. The van der Waals surface area contributed by atoms with Gasteiger partial charge in [0.15, 0.2) is 0 Å². The maximum Gasteiger partial charge on any atom is 0.326 e. The minimum atomic E-state index is -1.80. The van der Waals surface area contributed by atoms with E-state index in [1.807, 2.05) is 11.6 Å². The molecule has 6 atom stereocenters. The van der Waals surface area contributed by atoms with Gasteiger partial charge in [0.05, 0.1) is 25.6 Å². The molecule has 8 N–H and O–H groups in total. The Labute approximate surface area is 281 Å². The number of nitrogens with two attached hydrogens (primary N) is 1. The number of amides is 6. The normalized spacial score (nSPS) is 22.5. The van der Waals surface area contributed by atoms with Gasteiger partial charge < -0.3 is 51.7 Å². The first kappa shape index (κ1) is 38.5. The van der Waals surface area contributed by atoms with E-state index in [-0.39, 0.29) is 25.4 Å². The molecule has 3 aliphatic heterocycles. The van der Waals surface area contributed by atoms with Gasteiger partial charge in [0.2, 0.25) is 35.4 Å². The van der Waals surface area contributed by atoms with Gasteiger partial charge in [0, 0.05) is 19.6 Å². The highest BCUT2D eigenvalue weighted by molar-refractivity contribution is 7.98. The van der Waals surface area contributed by atoms with Crippen LogP contribution in [0.3, 0.4) is 0 Å². The van der Waals surface area contributed by atoms with Crippen LogP contribution < -0.4 is 21.7 Å². The van der Waals surface area contributed by atoms with Gasteiger partial charge in [-0.15, -0.1) is 0 Å². The molecular formula is C29H45N7O11S. The smallest absolute Gasteiger partial charge is 0.326 e. The highest BCUT2D eigenvalue weighted by Crippen LogP contribution is 2.25. The van der Waals surface area contributed by atoms with Crippen LogP contribution in [0.2, 0.25) is 0 Å². The van der Waals surface area contributed by atoms with Crippen molar-refractivity contribution in [1.82, 2.24) is 30.7 Å². The molecule has 3 aliphatic rings. The summed E-state index contributed by atoms with van der Waals surface area (Å²) in [5, 5.41) is 34.7. The van der Waals surface area contributed by atoms with Crippen molar-refractivity contribution in [2.45, 2.75) is 87.6 Å². The summed E-state index contributed by atoms with van der Waals surface area (Å²) in [6.07, 6.45) is 4.01. The summed E-state index contributed by atoms with van der Waals surface area (Å²) in [7, 11) is 0. The summed E-state index contributed by atoms with van der Waals surface area (Å²) < 4.78 is 0. The number of aliphatic hydroxyl groups is 1.